The van der Waals surface area contributed by atoms with Crippen LogP contribution in [0.25, 0.3) is 0 Å². The maximum Gasteiger partial charge on any atom is 0.260 e. The number of carbonyl (C=O) groups is 2. The highest BCUT2D eigenvalue weighted by Crippen LogP contribution is 2.14. The number of benzene rings is 1. The van der Waals surface area contributed by atoms with Gasteiger partial charge in [-0.05, 0) is 37.5 Å². The first-order chi connectivity index (χ1) is 10.6. The molecule has 0 unspecified atom stereocenters. The Bertz CT molecular complexity index is 522. The lowest BCUT2D eigenvalue weighted by molar-refractivity contribution is -0.134. The molecule has 1 aliphatic rings. The van der Waals surface area contributed by atoms with Gasteiger partial charge in [-0.2, -0.15) is 0 Å². The SMILES string of the molecule is CCC(=O)NC1CCN(C(=O)COc2cccc(C)c2)CC1. The van der Waals surface area contributed by atoms with Gasteiger partial charge in [0.1, 0.15) is 5.75 Å². The molecule has 0 spiro atoms. The average molecular weight is 304 g/mol. The number of carbonyl (C=O) groups excluding carboxylic acids is 2. The van der Waals surface area contributed by atoms with Crippen LogP contribution >= 0.6 is 0 Å². The molecule has 0 aliphatic carbocycles. The van der Waals surface area contributed by atoms with Crippen LogP contribution in [0, 0.1) is 6.92 Å². The molecule has 120 valence electrons. The van der Waals surface area contributed by atoms with Crippen LogP contribution in [0.4, 0.5) is 0 Å². The molecule has 0 bridgehead atoms. The van der Waals surface area contributed by atoms with Crippen molar-refractivity contribution in [2.75, 3.05) is 19.7 Å². The summed E-state index contributed by atoms with van der Waals surface area (Å²) in [6.07, 6.45) is 2.12. The quantitative estimate of drug-likeness (QED) is 0.904. The lowest BCUT2D eigenvalue weighted by atomic mass is 10.0. The van der Waals surface area contributed by atoms with Crippen molar-refractivity contribution in [3.8, 4) is 5.75 Å². The Kier molecular flexibility index (Phi) is 5.81. The molecule has 0 saturated carbocycles. The second-order valence-electron chi connectivity index (χ2n) is 5.68. The van der Waals surface area contributed by atoms with Crippen LogP contribution in [-0.2, 0) is 9.59 Å². The Morgan fingerprint density at radius 3 is 2.68 bits per heavy atom. The van der Waals surface area contributed by atoms with E-state index in [1.807, 2.05) is 43.0 Å². The lowest BCUT2D eigenvalue weighted by Crippen LogP contribution is -2.47. The van der Waals surface area contributed by atoms with Crippen LogP contribution in [0.15, 0.2) is 24.3 Å². The number of nitrogens with one attached hydrogen (secondary N) is 1. The summed E-state index contributed by atoms with van der Waals surface area (Å²) in [5, 5.41) is 2.98. The van der Waals surface area contributed by atoms with Crippen LogP contribution in [0.1, 0.15) is 31.7 Å². The van der Waals surface area contributed by atoms with Crippen LogP contribution in [0.5, 0.6) is 5.75 Å². The normalized spacial score (nSPS) is 15.5. The van der Waals surface area contributed by atoms with Gasteiger partial charge in [-0.15, -0.1) is 0 Å². The van der Waals surface area contributed by atoms with E-state index in [-0.39, 0.29) is 24.5 Å². The maximum atomic E-state index is 12.2. The Labute approximate surface area is 131 Å². The third-order valence-corrected chi connectivity index (χ3v) is 3.89. The molecule has 5 nitrogen and oxygen atoms in total. The Morgan fingerprint density at radius 2 is 2.05 bits per heavy atom. The summed E-state index contributed by atoms with van der Waals surface area (Å²) in [7, 11) is 0. The molecule has 1 fully saturated rings. The molecule has 1 aromatic carbocycles. The van der Waals surface area contributed by atoms with Crippen molar-refractivity contribution in [2.45, 2.75) is 39.2 Å². The van der Waals surface area contributed by atoms with Crippen molar-refractivity contribution in [1.29, 1.82) is 0 Å². The summed E-state index contributed by atoms with van der Waals surface area (Å²) in [4.78, 5) is 25.3. The minimum Gasteiger partial charge on any atom is -0.484 e. The molecule has 1 saturated heterocycles. The zero-order chi connectivity index (χ0) is 15.9. The lowest BCUT2D eigenvalue weighted by Gasteiger charge is -2.32. The minimum absolute atomic E-state index is 0.00164. The summed E-state index contributed by atoms with van der Waals surface area (Å²) >= 11 is 0. The van der Waals surface area contributed by atoms with Gasteiger partial charge in [0.15, 0.2) is 6.61 Å². The van der Waals surface area contributed by atoms with Crippen molar-refractivity contribution < 1.29 is 14.3 Å². The van der Waals surface area contributed by atoms with Gasteiger partial charge >= 0.3 is 0 Å². The van der Waals surface area contributed by atoms with Gasteiger partial charge in [-0.3, -0.25) is 9.59 Å². The largest absolute Gasteiger partial charge is 0.484 e. The monoisotopic (exact) mass is 304 g/mol. The fourth-order valence-corrected chi connectivity index (χ4v) is 2.54. The second-order valence-corrected chi connectivity index (χ2v) is 5.68. The first-order valence-corrected chi connectivity index (χ1v) is 7.85. The molecule has 0 aromatic heterocycles. The van der Waals surface area contributed by atoms with E-state index in [9.17, 15) is 9.59 Å². The highest BCUT2D eigenvalue weighted by Gasteiger charge is 2.23. The van der Waals surface area contributed by atoms with E-state index in [4.69, 9.17) is 4.74 Å². The van der Waals surface area contributed by atoms with Gasteiger partial charge in [0.25, 0.3) is 5.91 Å². The smallest absolute Gasteiger partial charge is 0.260 e. The number of hydrogen-bond acceptors (Lipinski definition) is 3. The summed E-state index contributed by atoms with van der Waals surface area (Å²) < 4.78 is 5.55. The van der Waals surface area contributed by atoms with E-state index in [1.165, 1.54) is 0 Å². The van der Waals surface area contributed by atoms with Crippen molar-refractivity contribution in [3.63, 3.8) is 0 Å². The van der Waals surface area contributed by atoms with Gasteiger partial charge in [0.05, 0.1) is 0 Å². The van der Waals surface area contributed by atoms with E-state index >= 15 is 0 Å². The number of amides is 2. The van der Waals surface area contributed by atoms with Gasteiger partial charge in [0, 0.05) is 25.6 Å². The number of rotatable bonds is 5. The Balaban J connectivity index is 1.74. The number of hydrogen-bond donors (Lipinski definition) is 1. The van der Waals surface area contributed by atoms with E-state index in [1.54, 1.807) is 0 Å². The summed E-state index contributed by atoms with van der Waals surface area (Å²) in [5.74, 6) is 0.799. The van der Waals surface area contributed by atoms with Crippen molar-refractivity contribution in [1.82, 2.24) is 10.2 Å². The van der Waals surface area contributed by atoms with Gasteiger partial charge in [-0.25, -0.2) is 0 Å². The third kappa shape index (κ3) is 4.76. The molecule has 1 aromatic rings. The fourth-order valence-electron chi connectivity index (χ4n) is 2.54. The van der Waals surface area contributed by atoms with E-state index in [2.05, 4.69) is 5.32 Å². The van der Waals surface area contributed by atoms with Crippen LogP contribution < -0.4 is 10.1 Å². The molecule has 0 radical (unpaired) electrons. The van der Waals surface area contributed by atoms with Crippen LogP contribution in [0.2, 0.25) is 0 Å². The number of likely N-dealkylation sites (tertiary alicyclic amines) is 1. The predicted octanol–water partition coefficient (Wildman–Crippen LogP) is 1.89. The summed E-state index contributed by atoms with van der Waals surface area (Å²) in [5.41, 5.74) is 1.11. The zero-order valence-corrected chi connectivity index (χ0v) is 13.3. The molecule has 2 amide bonds. The molecule has 22 heavy (non-hydrogen) atoms. The van der Waals surface area contributed by atoms with Gasteiger partial charge < -0.3 is 15.0 Å². The van der Waals surface area contributed by atoms with Gasteiger partial charge in [-0.1, -0.05) is 19.1 Å². The highest BCUT2D eigenvalue weighted by molar-refractivity contribution is 5.78. The molecular weight excluding hydrogens is 280 g/mol. The highest BCUT2D eigenvalue weighted by atomic mass is 16.5. The molecule has 2 rings (SSSR count). The first kappa shape index (κ1) is 16.3. The van der Waals surface area contributed by atoms with Gasteiger partial charge in [0.2, 0.25) is 5.91 Å². The third-order valence-electron chi connectivity index (χ3n) is 3.89. The Morgan fingerprint density at radius 1 is 1.32 bits per heavy atom. The predicted molar refractivity (Wildman–Crippen MR) is 84.7 cm³/mol. The number of ether oxygens (including phenoxy) is 1. The zero-order valence-electron chi connectivity index (χ0n) is 13.3. The molecular formula is C17H24N2O3. The molecule has 0 atom stereocenters. The number of aryl methyl sites for hydroxylation is 1. The maximum absolute atomic E-state index is 12.2. The van der Waals surface area contributed by atoms with E-state index < -0.39 is 0 Å². The molecule has 1 aliphatic heterocycles. The fraction of sp³-hybridized carbons (Fsp3) is 0.529. The number of piperidine rings is 1. The van der Waals surface area contributed by atoms with Crippen LogP contribution in [0.3, 0.4) is 0 Å². The second kappa shape index (κ2) is 7.82. The average Bonchev–Trinajstić information content (AvgIpc) is 2.53. The van der Waals surface area contributed by atoms with Crippen molar-refractivity contribution in [3.05, 3.63) is 29.8 Å². The standard InChI is InChI=1S/C17H24N2O3/c1-3-16(20)18-14-7-9-19(10-8-14)17(21)12-22-15-6-4-5-13(2)11-15/h4-6,11,14H,3,7-10,12H2,1-2H3,(H,18,20). The molecule has 5 heteroatoms. The first-order valence-electron chi connectivity index (χ1n) is 7.85. The van der Waals surface area contributed by atoms with E-state index in [0.717, 1.165) is 24.2 Å². The molecule has 1 heterocycles. The van der Waals surface area contributed by atoms with Crippen LogP contribution in [-0.4, -0.2) is 42.5 Å². The molecule has 1 N–H and O–H groups in total. The van der Waals surface area contributed by atoms with Crippen molar-refractivity contribution in [2.24, 2.45) is 0 Å². The van der Waals surface area contributed by atoms with Crippen molar-refractivity contribution >= 4 is 11.8 Å². The summed E-state index contributed by atoms with van der Waals surface area (Å²) in [6, 6.07) is 7.86. The van der Waals surface area contributed by atoms with E-state index in [0.29, 0.717) is 19.5 Å². The number of nitrogens with zero attached hydrogens (tertiary/aromatic N) is 1. The topological polar surface area (TPSA) is 58.6 Å². The Hall–Kier alpha value is -2.04. The summed E-state index contributed by atoms with van der Waals surface area (Å²) in [6.45, 7) is 5.24. The minimum atomic E-state index is 0.00164.